The van der Waals surface area contributed by atoms with Crippen LogP contribution in [0, 0.1) is 5.92 Å². The van der Waals surface area contributed by atoms with E-state index in [9.17, 15) is 0 Å². The average molecular weight is 223 g/mol. The van der Waals surface area contributed by atoms with Crippen molar-refractivity contribution in [2.24, 2.45) is 5.92 Å². The van der Waals surface area contributed by atoms with Crippen LogP contribution in [-0.4, -0.2) is 23.7 Å². The van der Waals surface area contributed by atoms with E-state index in [1.54, 1.807) is 13.2 Å². The van der Waals surface area contributed by atoms with E-state index in [2.05, 4.69) is 9.97 Å². The minimum atomic E-state index is 0.181. The second-order valence-electron chi connectivity index (χ2n) is 4.07. The number of aromatic nitrogens is 2. The molecule has 88 valence electrons. The first kappa shape index (κ1) is 11.0. The summed E-state index contributed by atoms with van der Waals surface area (Å²) in [5.41, 5.74) is 5.54. The Kier molecular flexibility index (Phi) is 3.44. The fourth-order valence-corrected chi connectivity index (χ4v) is 1.98. The zero-order valence-corrected chi connectivity index (χ0v) is 9.48. The number of anilines is 1. The molecule has 1 aromatic rings. The number of rotatable bonds is 4. The fraction of sp³-hybridized carbons (Fsp3) is 0.636. The predicted molar refractivity (Wildman–Crippen MR) is 60.4 cm³/mol. The molecule has 1 fully saturated rings. The molecule has 0 unspecified atom stereocenters. The number of hydrogen-bond acceptors (Lipinski definition) is 5. The Morgan fingerprint density at radius 1 is 1.31 bits per heavy atom. The Morgan fingerprint density at radius 2 is 2.00 bits per heavy atom. The van der Waals surface area contributed by atoms with Gasteiger partial charge in [0.1, 0.15) is 0 Å². The van der Waals surface area contributed by atoms with E-state index in [4.69, 9.17) is 15.2 Å². The summed E-state index contributed by atoms with van der Waals surface area (Å²) < 4.78 is 10.6. The van der Waals surface area contributed by atoms with Gasteiger partial charge in [-0.3, -0.25) is 0 Å². The van der Waals surface area contributed by atoms with Crippen molar-refractivity contribution in [1.29, 1.82) is 0 Å². The van der Waals surface area contributed by atoms with Crippen LogP contribution in [0.4, 0.5) is 5.95 Å². The molecule has 0 bridgehead atoms. The van der Waals surface area contributed by atoms with E-state index in [1.807, 2.05) is 0 Å². The third kappa shape index (κ3) is 2.74. The van der Waals surface area contributed by atoms with Crippen molar-refractivity contribution in [2.75, 3.05) is 19.5 Å². The third-order valence-electron chi connectivity index (χ3n) is 2.85. The Bertz CT molecular complexity index is 351. The van der Waals surface area contributed by atoms with Crippen LogP contribution in [0.5, 0.6) is 11.8 Å². The molecule has 5 heteroatoms. The van der Waals surface area contributed by atoms with E-state index < -0.39 is 0 Å². The lowest BCUT2D eigenvalue weighted by molar-refractivity contribution is 0.242. The summed E-state index contributed by atoms with van der Waals surface area (Å²) in [4.78, 5) is 7.90. The Hall–Kier alpha value is -1.52. The highest BCUT2D eigenvalue weighted by Crippen LogP contribution is 2.25. The zero-order chi connectivity index (χ0) is 11.4. The fourth-order valence-electron chi connectivity index (χ4n) is 1.98. The summed E-state index contributed by atoms with van der Waals surface area (Å²) >= 11 is 0. The molecule has 1 aliphatic carbocycles. The summed E-state index contributed by atoms with van der Waals surface area (Å²) in [6, 6.07) is 1.66. The van der Waals surface area contributed by atoms with E-state index >= 15 is 0 Å². The number of nitrogens with zero attached hydrogens (tertiary/aromatic N) is 2. The SMILES string of the molecule is COc1cc(OCC2CCCC2)nc(N)n1. The van der Waals surface area contributed by atoms with E-state index in [1.165, 1.54) is 25.7 Å². The summed E-state index contributed by atoms with van der Waals surface area (Å²) in [6.45, 7) is 0.708. The first-order valence-electron chi connectivity index (χ1n) is 5.59. The predicted octanol–water partition coefficient (Wildman–Crippen LogP) is 1.64. The molecule has 1 aliphatic rings. The largest absolute Gasteiger partial charge is 0.481 e. The molecule has 0 aliphatic heterocycles. The van der Waals surface area contributed by atoms with Crippen LogP contribution in [0.25, 0.3) is 0 Å². The number of ether oxygens (including phenoxy) is 2. The molecule has 2 N–H and O–H groups in total. The highest BCUT2D eigenvalue weighted by Gasteiger charge is 2.16. The molecular weight excluding hydrogens is 206 g/mol. The molecular formula is C11H17N3O2. The van der Waals surface area contributed by atoms with E-state index in [-0.39, 0.29) is 5.95 Å². The first-order valence-corrected chi connectivity index (χ1v) is 5.59. The lowest BCUT2D eigenvalue weighted by Gasteiger charge is -2.11. The minimum absolute atomic E-state index is 0.181. The topological polar surface area (TPSA) is 70.3 Å². The van der Waals surface area contributed by atoms with Crippen LogP contribution in [0.3, 0.4) is 0 Å². The molecule has 0 spiro atoms. The maximum atomic E-state index is 5.60. The van der Waals surface area contributed by atoms with Crippen LogP contribution in [0.15, 0.2) is 6.07 Å². The van der Waals surface area contributed by atoms with Crippen molar-refractivity contribution in [3.63, 3.8) is 0 Å². The van der Waals surface area contributed by atoms with Gasteiger partial charge in [-0.25, -0.2) is 0 Å². The van der Waals surface area contributed by atoms with Gasteiger partial charge in [0.2, 0.25) is 17.7 Å². The Labute approximate surface area is 95.0 Å². The van der Waals surface area contributed by atoms with Crippen LogP contribution >= 0.6 is 0 Å². The second kappa shape index (κ2) is 5.01. The second-order valence-corrected chi connectivity index (χ2v) is 4.07. The molecule has 16 heavy (non-hydrogen) atoms. The van der Waals surface area contributed by atoms with Gasteiger partial charge in [0.05, 0.1) is 19.8 Å². The van der Waals surface area contributed by atoms with Gasteiger partial charge in [0.25, 0.3) is 0 Å². The minimum Gasteiger partial charge on any atom is -0.481 e. The van der Waals surface area contributed by atoms with Gasteiger partial charge < -0.3 is 15.2 Å². The van der Waals surface area contributed by atoms with Gasteiger partial charge in [-0.1, -0.05) is 12.8 Å². The third-order valence-corrected chi connectivity index (χ3v) is 2.85. The lowest BCUT2D eigenvalue weighted by atomic mass is 10.1. The summed E-state index contributed by atoms with van der Waals surface area (Å²) in [6.07, 6.45) is 5.11. The van der Waals surface area contributed by atoms with Crippen molar-refractivity contribution in [1.82, 2.24) is 9.97 Å². The number of nitrogen functional groups attached to an aromatic ring is 1. The van der Waals surface area contributed by atoms with Gasteiger partial charge in [-0.15, -0.1) is 0 Å². The van der Waals surface area contributed by atoms with Gasteiger partial charge in [-0.2, -0.15) is 9.97 Å². The molecule has 0 amide bonds. The number of methoxy groups -OCH3 is 1. The maximum Gasteiger partial charge on any atom is 0.226 e. The summed E-state index contributed by atoms with van der Waals surface area (Å²) in [5, 5.41) is 0. The smallest absolute Gasteiger partial charge is 0.226 e. The van der Waals surface area contributed by atoms with Crippen LogP contribution in [-0.2, 0) is 0 Å². The van der Waals surface area contributed by atoms with Crippen molar-refractivity contribution in [3.8, 4) is 11.8 Å². The first-order chi connectivity index (χ1) is 7.78. The quantitative estimate of drug-likeness (QED) is 0.840. The molecule has 0 radical (unpaired) electrons. The average Bonchev–Trinajstić information content (AvgIpc) is 2.78. The van der Waals surface area contributed by atoms with E-state index in [0.29, 0.717) is 24.3 Å². The highest BCUT2D eigenvalue weighted by molar-refractivity contribution is 5.29. The molecule has 1 heterocycles. The molecule has 5 nitrogen and oxygen atoms in total. The Balaban J connectivity index is 1.94. The normalized spacial score (nSPS) is 16.3. The van der Waals surface area contributed by atoms with Gasteiger partial charge >= 0.3 is 0 Å². The standard InChI is InChI=1S/C11H17N3O2/c1-15-9-6-10(14-11(12)13-9)16-7-8-4-2-3-5-8/h6,8H,2-5,7H2,1H3,(H2,12,13,14). The molecule has 0 aromatic carbocycles. The maximum absolute atomic E-state index is 5.60. The van der Waals surface area contributed by atoms with Crippen molar-refractivity contribution in [3.05, 3.63) is 6.07 Å². The molecule has 2 rings (SSSR count). The van der Waals surface area contributed by atoms with Crippen LogP contribution < -0.4 is 15.2 Å². The molecule has 1 aromatic heterocycles. The van der Waals surface area contributed by atoms with Crippen molar-refractivity contribution >= 4 is 5.95 Å². The van der Waals surface area contributed by atoms with Crippen molar-refractivity contribution in [2.45, 2.75) is 25.7 Å². The van der Waals surface area contributed by atoms with Gasteiger partial charge in [-0.05, 0) is 18.8 Å². The number of hydrogen-bond donors (Lipinski definition) is 1. The highest BCUT2D eigenvalue weighted by atomic mass is 16.5. The summed E-state index contributed by atoms with van der Waals surface area (Å²) in [5.74, 6) is 1.77. The zero-order valence-electron chi connectivity index (χ0n) is 9.48. The summed E-state index contributed by atoms with van der Waals surface area (Å²) in [7, 11) is 1.54. The monoisotopic (exact) mass is 223 g/mol. The van der Waals surface area contributed by atoms with E-state index in [0.717, 1.165) is 0 Å². The lowest BCUT2D eigenvalue weighted by Crippen LogP contribution is -2.10. The Morgan fingerprint density at radius 3 is 2.69 bits per heavy atom. The van der Waals surface area contributed by atoms with Crippen molar-refractivity contribution < 1.29 is 9.47 Å². The molecule has 0 saturated heterocycles. The molecule has 0 atom stereocenters. The van der Waals surface area contributed by atoms with Gasteiger partial charge in [0.15, 0.2) is 0 Å². The molecule has 1 saturated carbocycles. The number of nitrogens with two attached hydrogens (primary N) is 1. The van der Waals surface area contributed by atoms with Crippen LogP contribution in [0.1, 0.15) is 25.7 Å². The van der Waals surface area contributed by atoms with Crippen LogP contribution in [0.2, 0.25) is 0 Å². The van der Waals surface area contributed by atoms with Gasteiger partial charge in [0, 0.05) is 0 Å².